The van der Waals surface area contributed by atoms with Crippen LogP contribution in [0.2, 0.25) is 0 Å². The third-order valence-electron chi connectivity index (χ3n) is 3.72. The number of unbranched alkanes of at least 4 members (excludes halogenated alkanes) is 3. The topological polar surface area (TPSA) is 32.3 Å². The summed E-state index contributed by atoms with van der Waals surface area (Å²) in [6, 6.07) is 0. The van der Waals surface area contributed by atoms with Crippen LogP contribution in [0.25, 0.3) is 0 Å². The molecule has 2 nitrogen and oxygen atoms in total. The van der Waals surface area contributed by atoms with Crippen molar-refractivity contribution >= 4 is 0 Å². The molecule has 2 atom stereocenters. The predicted octanol–water partition coefficient (Wildman–Crippen LogP) is 2.73. The highest BCUT2D eigenvalue weighted by Gasteiger charge is 2.25. The molecule has 1 fully saturated rings. The quantitative estimate of drug-likeness (QED) is 0.467. The van der Waals surface area contributed by atoms with Gasteiger partial charge in [0, 0.05) is 6.61 Å². The van der Waals surface area contributed by atoms with Gasteiger partial charge in [-0.3, -0.25) is 0 Å². The van der Waals surface area contributed by atoms with E-state index in [2.05, 4.69) is 11.9 Å². The molecule has 1 saturated carbocycles. The fourth-order valence-electron chi connectivity index (χ4n) is 2.63. The smallest absolute Gasteiger partial charge is 0.0462 e. The molecule has 1 aliphatic rings. The van der Waals surface area contributed by atoms with Gasteiger partial charge in [0.25, 0.3) is 0 Å². The van der Waals surface area contributed by atoms with Crippen molar-refractivity contribution in [2.45, 2.75) is 44.9 Å². The van der Waals surface area contributed by atoms with E-state index in [1.54, 1.807) is 0 Å². The van der Waals surface area contributed by atoms with E-state index < -0.39 is 0 Å². The van der Waals surface area contributed by atoms with Gasteiger partial charge in [0.05, 0.1) is 0 Å². The summed E-state index contributed by atoms with van der Waals surface area (Å²) in [4.78, 5) is 0. The van der Waals surface area contributed by atoms with Gasteiger partial charge in [0.15, 0.2) is 0 Å². The number of allylic oxidation sites excluding steroid dienone is 1. The van der Waals surface area contributed by atoms with Crippen molar-refractivity contribution in [2.24, 2.45) is 11.8 Å². The molecular formula is C14H27NO. The van der Waals surface area contributed by atoms with Gasteiger partial charge < -0.3 is 10.4 Å². The normalized spacial score (nSPS) is 24.8. The van der Waals surface area contributed by atoms with Gasteiger partial charge in [-0.1, -0.05) is 18.9 Å². The lowest BCUT2D eigenvalue weighted by atomic mass is 9.97. The largest absolute Gasteiger partial charge is 0.396 e. The molecule has 0 aromatic heterocycles. The van der Waals surface area contributed by atoms with E-state index in [0.29, 0.717) is 12.5 Å². The van der Waals surface area contributed by atoms with Crippen LogP contribution in [0.5, 0.6) is 0 Å². The second kappa shape index (κ2) is 8.77. The van der Waals surface area contributed by atoms with E-state index in [1.807, 2.05) is 6.08 Å². The SMILES string of the molecule is C=CCCCCCNCC1CCCC1CO. The summed E-state index contributed by atoms with van der Waals surface area (Å²) in [6.07, 6.45) is 10.8. The number of hydrogen-bond donors (Lipinski definition) is 2. The van der Waals surface area contributed by atoms with E-state index >= 15 is 0 Å². The summed E-state index contributed by atoms with van der Waals surface area (Å²) in [5.74, 6) is 1.28. The highest BCUT2D eigenvalue weighted by Crippen LogP contribution is 2.30. The highest BCUT2D eigenvalue weighted by atomic mass is 16.3. The number of aliphatic hydroxyl groups is 1. The summed E-state index contributed by atoms with van der Waals surface area (Å²) >= 11 is 0. The van der Waals surface area contributed by atoms with Crippen LogP contribution in [0.4, 0.5) is 0 Å². The Labute approximate surface area is 100 Å². The fraction of sp³-hybridized carbons (Fsp3) is 0.857. The Morgan fingerprint density at radius 2 is 2.00 bits per heavy atom. The molecule has 0 heterocycles. The molecule has 0 saturated heterocycles. The number of nitrogens with one attached hydrogen (secondary N) is 1. The van der Waals surface area contributed by atoms with Crippen molar-refractivity contribution in [3.63, 3.8) is 0 Å². The van der Waals surface area contributed by atoms with Crippen LogP contribution in [0.3, 0.4) is 0 Å². The average molecular weight is 225 g/mol. The number of aliphatic hydroxyl groups excluding tert-OH is 1. The van der Waals surface area contributed by atoms with Crippen LogP contribution in [0.1, 0.15) is 44.9 Å². The number of rotatable bonds is 9. The van der Waals surface area contributed by atoms with Gasteiger partial charge in [-0.05, 0) is 57.0 Å². The molecule has 0 aromatic carbocycles. The molecule has 0 aliphatic heterocycles. The summed E-state index contributed by atoms with van der Waals surface area (Å²) < 4.78 is 0. The minimum atomic E-state index is 0.381. The standard InChI is InChI=1S/C14H27NO/c1-2-3-4-5-6-10-15-11-13-8-7-9-14(13)12-16/h2,13-16H,1,3-12H2. The molecule has 2 unspecified atom stereocenters. The van der Waals surface area contributed by atoms with Crippen LogP contribution in [0, 0.1) is 11.8 Å². The Morgan fingerprint density at radius 3 is 2.75 bits per heavy atom. The average Bonchev–Trinajstić information content (AvgIpc) is 2.75. The van der Waals surface area contributed by atoms with Crippen molar-refractivity contribution in [1.82, 2.24) is 5.32 Å². The van der Waals surface area contributed by atoms with Gasteiger partial charge in [-0.2, -0.15) is 0 Å². The molecule has 16 heavy (non-hydrogen) atoms. The molecule has 2 N–H and O–H groups in total. The first-order chi connectivity index (χ1) is 7.88. The van der Waals surface area contributed by atoms with Crippen molar-refractivity contribution in [3.8, 4) is 0 Å². The third-order valence-corrected chi connectivity index (χ3v) is 3.72. The Bertz CT molecular complexity index is 182. The minimum absolute atomic E-state index is 0.381. The number of hydrogen-bond acceptors (Lipinski definition) is 2. The Morgan fingerprint density at radius 1 is 1.19 bits per heavy atom. The van der Waals surface area contributed by atoms with Gasteiger partial charge in [-0.15, -0.1) is 6.58 Å². The molecular weight excluding hydrogens is 198 g/mol. The lowest BCUT2D eigenvalue weighted by Gasteiger charge is -2.17. The van der Waals surface area contributed by atoms with Crippen LogP contribution in [-0.4, -0.2) is 24.8 Å². The van der Waals surface area contributed by atoms with Crippen LogP contribution < -0.4 is 5.32 Å². The van der Waals surface area contributed by atoms with Crippen molar-refractivity contribution in [1.29, 1.82) is 0 Å². The lowest BCUT2D eigenvalue weighted by Crippen LogP contribution is -2.27. The highest BCUT2D eigenvalue weighted by molar-refractivity contribution is 4.78. The fourth-order valence-corrected chi connectivity index (χ4v) is 2.63. The maximum absolute atomic E-state index is 9.20. The maximum atomic E-state index is 9.20. The Balaban J connectivity index is 1.92. The van der Waals surface area contributed by atoms with Crippen molar-refractivity contribution < 1.29 is 5.11 Å². The van der Waals surface area contributed by atoms with E-state index in [0.717, 1.165) is 25.4 Å². The molecule has 1 rings (SSSR count). The van der Waals surface area contributed by atoms with E-state index in [1.165, 1.54) is 38.5 Å². The zero-order chi connectivity index (χ0) is 11.6. The molecule has 0 radical (unpaired) electrons. The summed E-state index contributed by atoms with van der Waals surface area (Å²) in [5.41, 5.74) is 0. The van der Waals surface area contributed by atoms with Crippen LogP contribution in [-0.2, 0) is 0 Å². The molecule has 94 valence electrons. The monoisotopic (exact) mass is 225 g/mol. The zero-order valence-electron chi connectivity index (χ0n) is 10.5. The first-order valence-corrected chi connectivity index (χ1v) is 6.81. The molecule has 1 aliphatic carbocycles. The van der Waals surface area contributed by atoms with Gasteiger partial charge in [0.2, 0.25) is 0 Å². The maximum Gasteiger partial charge on any atom is 0.0462 e. The van der Waals surface area contributed by atoms with Crippen molar-refractivity contribution in [3.05, 3.63) is 12.7 Å². The predicted molar refractivity (Wildman–Crippen MR) is 69.5 cm³/mol. The zero-order valence-corrected chi connectivity index (χ0v) is 10.5. The molecule has 0 spiro atoms. The lowest BCUT2D eigenvalue weighted by molar-refractivity contribution is 0.192. The Hall–Kier alpha value is -0.340. The second-order valence-electron chi connectivity index (χ2n) is 4.98. The Kier molecular flexibility index (Phi) is 7.52. The third kappa shape index (κ3) is 5.13. The summed E-state index contributed by atoms with van der Waals surface area (Å²) in [6.45, 7) is 6.34. The molecule has 0 bridgehead atoms. The summed E-state index contributed by atoms with van der Waals surface area (Å²) in [7, 11) is 0. The molecule has 2 heteroatoms. The van der Waals surface area contributed by atoms with Gasteiger partial charge >= 0.3 is 0 Å². The molecule has 0 amide bonds. The first-order valence-electron chi connectivity index (χ1n) is 6.81. The van der Waals surface area contributed by atoms with E-state index in [9.17, 15) is 5.11 Å². The summed E-state index contributed by atoms with van der Waals surface area (Å²) in [5, 5.41) is 12.7. The molecule has 0 aromatic rings. The van der Waals surface area contributed by atoms with E-state index in [-0.39, 0.29) is 0 Å². The van der Waals surface area contributed by atoms with Crippen molar-refractivity contribution in [2.75, 3.05) is 19.7 Å². The van der Waals surface area contributed by atoms with Gasteiger partial charge in [0.1, 0.15) is 0 Å². The second-order valence-corrected chi connectivity index (χ2v) is 4.98. The van der Waals surface area contributed by atoms with Gasteiger partial charge in [-0.25, -0.2) is 0 Å². The first kappa shape index (κ1) is 13.7. The van der Waals surface area contributed by atoms with Crippen LogP contribution in [0.15, 0.2) is 12.7 Å². The van der Waals surface area contributed by atoms with E-state index in [4.69, 9.17) is 0 Å². The minimum Gasteiger partial charge on any atom is -0.396 e. The van der Waals surface area contributed by atoms with Crippen LogP contribution >= 0.6 is 0 Å².